The van der Waals surface area contributed by atoms with E-state index in [0.29, 0.717) is 18.7 Å². The lowest BCUT2D eigenvalue weighted by atomic mass is 10.1. The summed E-state index contributed by atoms with van der Waals surface area (Å²) < 4.78 is 0. The van der Waals surface area contributed by atoms with E-state index in [1.165, 1.54) is 4.90 Å². The van der Waals surface area contributed by atoms with Crippen LogP contribution in [-0.4, -0.2) is 45.5 Å². The number of rotatable bonds is 7. The Morgan fingerprint density at radius 3 is 2.42 bits per heavy atom. The molecule has 5 nitrogen and oxygen atoms in total. The molecule has 0 bridgehead atoms. The normalized spacial score (nSPS) is 10.7. The number of aromatic nitrogens is 2. The maximum atomic E-state index is 12.9. The summed E-state index contributed by atoms with van der Waals surface area (Å²) in [6.45, 7) is 0.697. The second kappa shape index (κ2) is 8.69. The van der Waals surface area contributed by atoms with Gasteiger partial charge in [-0.3, -0.25) is 9.89 Å². The average Bonchev–Trinajstić information content (AvgIpc) is 3.22. The molecular weight excluding hydrogens is 346 g/mol. The summed E-state index contributed by atoms with van der Waals surface area (Å²) in [5.74, 6) is -0.0934. The Morgan fingerprint density at radius 1 is 1.12 bits per heavy atom. The zero-order chi connectivity index (χ0) is 18.4. The summed E-state index contributed by atoms with van der Waals surface area (Å²) >= 11 is 1.68. The average molecular weight is 367 g/mol. The van der Waals surface area contributed by atoms with Crippen LogP contribution in [0.25, 0.3) is 11.3 Å². The number of aliphatic hydroxyl groups is 1. The van der Waals surface area contributed by atoms with Crippen LogP contribution >= 0.6 is 11.8 Å². The molecule has 134 valence electrons. The van der Waals surface area contributed by atoms with Gasteiger partial charge in [-0.2, -0.15) is 5.10 Å². The van der Waals surface area contributed by atoms with Gasteiger partial charge in [0.15, 0.2) is 0 Å². The fraction of sp³-hybridized carbons (Fsp3) is 0.200. The van der Waals surface area contributed by atoms with Crippen molar-refractivity contribution in [3.05, 3.63) is 71.9 Å². The van der Waals surface area contributed by atoms with Crippen molar-refractivity contribution in [1.29, 1.82) is 0 Å². The van der Waals surface area contributed by atoms with Crippen molar-refractivity contribution in [3.63, 3.8) is 0 Å². The molecular formula is C20H21N3O2S. The van der Waals surface area contributed by atoms with Crippen LogP contribution in [0.4, 0.5) is 0 Å². The highest BCUT2D eigenvalue weighted by molar-refractivity contribution is 7.98. The number of hydrogen-bond acceptors (Lipinski definition) is 4. The van der Waals surface area contributed by atoms with Gasteiger partial charge in [0.2, 0.25) is 0 Å². The molecule has 3 aromatic rings. The highest BCUT2D eigenvalue weighted by Crippen LogP contribution is 2.19. The minimum atomic E-state index is -0.0934. The van der Waals surface area contributed by atoms with Gasteiger partial charge in [0.05, 0.1) is 12.3 Å². The van der Waals surface area contributed by atoms with Gasteiger partial charge in [-0.1, -0.05) is 24.3 Å². The van der Waals surface area contributed by atoms with E-state index < -0.39 is 0 Å². The molecule has 0 spiro atoms. The summed E-state index contributed by atoms with van der Waals surface area (Å²) in [6.07, 6.45) is 3.73. The number of H-pyrrole nitrogens is 1. The molecule has 3 rings (SSSR count). The van der Waals surface area contributed by atoms with Crippen molar-refractivity contribution in [2.45, 2.75) is 11.4 Å². The van der Waals surface area contributed by atoms with E-state index >= 15 is 0 Å². The number of aliphatic hydroxyl groups excluding tert-OH is 1. The Morgan fingerprint density at radius 2 is 1.85 bits per heavy atom. The molecule has 0 saturated heterocycles. The molecule has 1 heterocycles. The number of amides is 1. The van der Waals surface area contributed by atoms with Crippen LogP contribution in [0.2, 0.25) is 0 Å². The summed E-state index contributed by atoms with van der Waals surface area (Å²) in [7, 11) is 0. The second-order valence-corrected chi connectivity index (χ2v) is 6.73. The molecule has 26 heavy (non-hydrogen) atoms. The molecule has 1 amide bonds. The van der Waals surface area contributed by atoms with E-state index in [9.17, 15) is 9.90 Å². The van der Waals surface area contributed by atoms with Gasteiger partial charge < -0.3 is 10.0 Å². The van der Waals surface area contributed by atoms with Crippen LogP contribution in [0.1, 0.15) is 15.9 Å². The Hall–Kier alpha value is -2.57. The van der Waals surface area contributed by atoms with Crippen LogP contribution in [0.15, 0.2) is 65.7 Å². The predicted molar refractivity (Wildman–Crippen MR) is 104 cm³/mol. The maximum absolute atomic E-state index is 12.9. The highest BCUT2D eigenvalue weighted by atomic mass is 32.2. The van der Waals surface area contributed by atoms with E-state index in [1.54, 1.807) is 35.0 Å². The summed E-state index contributed by atoms with van der Waals surface area (Å²) in [5, 5.41) is 16.2. The molecule has 0 aliphatic rings. The van der Waals surface area contributed by atoms with Crippen molar-refractivity contribution < 1.29 is 9.90 Å². The molecule has 1 aromatic heterocycles. The lowest BCUT2D eigenvalue weighted by Crippen LogP contribution is -2.33. The topological polar surface area (TPSA) is 69.2 Å². The van der Waals surface area contributed by atoms with Crippen LogP contribution in [0.3, 0.4) is 0 Å². The van der Waals surface area contributed by atoms with Gasteiger partial charge >= 0.3 is 0 Å². The number of carbonyl (C=O) groups excluding carboxylic acids is 1. The number of carbonyl (C=O) groups is 1. The van der Waals surface area contributed by atoms with E-state index in [1.807, 2.05) is 48.7 Å². The van der Waals surface area contributed by atoms with Crippen molar-refractivity contribution >= 4 is 17.7 Å². The van der Waals surface area contributed by atoms with Gasteiger partial charge in [-0.25, -0.2) is 0 Å². The van der Waals surface area contributed by atoms with Crippen LogP contribution in [0.5, 0.6) is 0 Å². The fourth-order valence-electron chi connectivity index (χ4n) is 2.72. The van der Waals surface area contributed by atoms with Crippen molar-refractivity contribution in [3.8, 4) is 11.3 Å². The smallest absolute Gasteiger partial charge is 0.254 e. The molecule has 0 aliphatic heterocycles. The first-order valence-electron chi connectivity index (χ1n) is 8.34. The van der Waals surface area contributed by atoms with E-state index in [0.717, 1.165) is 16.8 Å². The quantitative estimate of drug-likeness (QED) is 0.628. The Balaban J connectivity index is 1.75. The van der Waals surface area contributed by atoms with Gasteiger partial charge in [0.1, 0.15) is 0 Å². The van der Waals surface area contributed by atoms with Gasteiger partial charge in [0, 0.05) is 29.7 Å². The molecule has 6 heteroatoms. The molecule has 2 aromatic carbocycles. The first-order chi connectivity index (χ1) is 12.7. The number of benzene rings is 2. The van der Waals surface area contributed by atoms with Gasteiger partial charge in [-0.15, -0.1) is 11.8 Å². The molecule has 0 fully saturated rings. The molecule has 0 unspecified atom stereocenters. The van der Waals surface area contributed by atoms with Crippen LogP contribution in [0, 0.1) is 0 Å². The minimum Gasteiger partial charge on any atom is -0.395 e. The SMILES string of the molecule is CSc1ccc(CN(CCO)C(=O)c2ccc(-c3ccn[nH]3)cc2)cc1. The molecule has 2 N–H and O–H groups in total. The monoisotopic (exact) mass is 367 g/mol. The highest BCUT2D eigenvalue weighted by Gasteiger charge is 2.16. The van der Waals surface area contributed by atoms with Crippen molar-refractivity contribution in [2.24, 2.45) is 0 Å². The van der Waals surface area contributed by atoms with Gasteiger partial charge in [-0.05, 0) is 47.7 Å². The largest absolute Gasteiger partial charge is 0.395 e. The summed E-state index contributed by atoms with van der Waals surface area (Å²) in [4.78, 5) is 15.7. The summed E-state index contributed by atoms with van der Waals surface area (Å²) in [6, 6.07) is 17.4. The molecule has 0 saturated carbocycles. The standard InChI is InChI=1S/C20H21N3O2S/c1-26-18-8-2-15(3-9-18)14-23(12-13-24)20(25)17-6-4-16(5-7-17)19-10-11-21-22-19/h2-11,24H,12-14H2,1H3,(H,21,22). The van der Waals surface area contributed by atoms with Crippen LogP contribution < -0.4 is 0 Å². The van der Waals surface area contributed by atoms with Crippen molar-refractivity contribution in [1.82, 2.24) is 15.1 Å². The zero-order valence-electron chi connectivity index (χ0n) is 14.6. The first kappa shape index (κ1) is 18.2. The molecule has 0 radical (unpaired) electrons. The van der Waals surface area contributed by atoms with Gasteiger partial charge in [0.25, 0.3) is 5.91 Å². The Bertz CT molecular complexity index is 831. The van der Waals surface area contributed by atoms with E-state index in [-0.39, 0.29) is 12.5 Å². The third kappa shape index (κ3) is 4.33. The minimum absolute atomic E-state index is 0.0686. The van der Waals surface area contributed by atoms with E-state index in [4.69, 9.17) is 0 Å². The van der Waals surface area contributed by atoms with Crippen molar-refractivity contribution in [2.75, 3.05) is 19.4 Å². The predicted octanol–water partition coefficient (Wildman–Crippen LogP) is 3.43. The first-order valence-corrected chi connectivity index (χ1v) is 9.56. The molecule has 0 aliphatic carbocycles. The number of aromatic amines is 1. The Labute approximate surface area is 157 Å². The number of thioether (sulfide) groups is 1. The van der Waals surface area contributed by atoms with Crippen LogP contribution in [-0.2, 0) is 6.54 Å². The number of nitrogens with zero attached hydrogens (tertiary/aromatic N) is 2. The molecule has 0 atom stereocenters. The third-order valence-corrected chi connectivity index (χ3v) is 4.88. The third-order valence-electron chi connectivity index (χ3n) is 4.13. The number of hydrogen-bond donors (Lipinski definition) is 2. The lowest BCUT2D eigenvalue weighted by Gasteiger charge is -2.22. The fourth-order valence-corrected chi connectivity index (χ4v) is 3.12. The zero-order valence-corrected chi connectivity index (χ0v) is 15.4. The summed E-state index contributed by atoms with van der Waals surface area (Å²) in [5.41, 5.74) is 3.52. The van der Waals surface area contributed by atoms with E-state index in [2.05, 4.69) is 10.2 Å². The second-order valence-electron chi connectivity index (χ2n) is 5.85. The maximum Gasteiger partial charge on any atom is 0.254 e. The number of nitrogens with one attached hydrogen (secondary N) is 1. The Kier molecular flexibility index (Phi) is 6.09. The lowest BCUT2D eigenvalue weighted by molar-refractivity contribution is 0.0708.